The number of hydrogen-bond donors (Lipinski definition) is 0. The smallest absolute Gasteiger partial charge is 0.247 e. The van der Waals surface area contributed by atoms with Crippen LogP contribution in [-0.4, -0.2) is 10.2 Å². The molecule has 0 saturated carbocycles. The molecule has 1 heterocycles. The summed E-state index contributed by atoms with van der Waals surface area (Å²) >= 11 is 0. The molecule has 0 spiro atoms. The normalized spacial score (nSPS) is 11.4. The summed E-state index contributed by atoms with van der Waals surface area (Å²) in [4.78, 5) is 0. The number of rotatable bonds is 4. The van der Waals surface area contributed by atoms with Crippen LogP contribution in [-0.2, 0) is 12.0 Å². The van der Waals surface area contributed by atoms with Crippen molar-refractivity contribution in [1.29, 1.82) is 0 Å². The SMILES string of the molecule is CC(C)(C)c1ccc(COc2ccc(-c3nnco3)cc2)cc1. The van der Waals surface area contributed by atoms with E-state index >= 15 is 0 Å². The van der Waals surface area contributed by atoms with E-state index in [2.05, 4.69) is 55.2 Å². The molecule has 0 radical (unpaired) electrons. The minimum Gasteiger partial charge on any atom is -0.489 e. The number of nitrogens with zero attached hydrogens (tertiary/aromatic N) is 2. The molecule has 0 aliphatic carbocycles. The number of hydrogen-bond acceptors (Lipinski definition) is 4. The summed E-state index contributed by atoms with van der Waals surface area (Å²) < 4.78 is 11.0. The largest absolute Gasteiger partial charge is 0.489 e. The van der Waals surface area contributed by atoms with E-state index in [-0.39, 0.29) is 5.41 Å². The van der Waals surface area contributed by atoms with E-state index in [1.165, 1.54) is 12.0 Å². The molecule has 4 heteroatoms. The van der Waals surface area contributed by atoms with Gasteiger partial charge in [0.15, 0.2) is 0 Å². The van der Waals surface area contributed by atoms with Gasteiger partial charge in [-0.05, 0) is 40.8 Å². The fourth-order valence-electron chi connectivity index (χ4n) is 2.26. The van der Waals surface area contributed by atoms with Crippen LogP contribution in [0.3, 0.4) is 0 Å². The van der Waals surface area contributed by atoms with E-state index in [1.54, 1.807) is 0 Å². The number of ether oxygens (including phenoxy) is 1. The van der Waals surface area contributed by atoms with Gasteiger partial charge < -0.3 is 9.15 Å². The Labute approximate surface area is 136 Å². The fourth-order valence-corrected chi connectivity index (χ4v) is 2.26. The van der Waals surface area contributed by atoms with E-state index in [1.807, 2.05) is 24.3 Å². The molecule has 0 fully saturated rings. The minimum atomic E-state index is 0.171. The number of benzene rings is 2. The van der Waals surface area contributed by atoms with Gasteiger partial charge in [-0.2, -0.15) is 0 Å². The first-order chi connectivity index (χ1) is 11.0. The summed E-state index contributed by atoms with van der Waals surface area (Å²) in [7, 11) is 0. The Morgan fingerprint density at radius 3 is 2.22 bits per heavy atom. The van der Waals surface area contributed by atoms with Gasteiger partial charge >= 0.3 is 0 Å². The minimum absolute atomic E-state index is 0.171. The van der Waals surface area contributed by atoms with E-state index in [0.29, 0.717) is 12.5 Å². The Hall–Kier alpha value is -2.62. The molecule has 2 aromatic carbocycles. The molecular weight excluding hydrogens is 288 g/mol. The van der Waals surface area contributed by atoms with Crippen LogP contribution in [0.2, 0.25) is 0 Å². The maximum Gasteiger partial charge on any atom is 0.247 e. The van der Waals surface area contributed by atoms with Crippen LogP contribution in [0.15, 0.2) is 59.3 Å². The van der Waals surface area contributed by atoms with E-state index in [0.717, 1.165) is 16.9 Å². The Morgan fingerprint density at radius 2 is 1.65 bits per heavy atom. The van der Waals surface area contributed by atoms with Crippen molar-refractivity contribution in [3.05, 3.63) is 66.1 Å². The molecule has 0 atom stereocenters. The second kappa shape index (κ2) is 6.24. The lowest BCUT2D eigenvalue weighted by Crippen LogP contribution is -2.10. The molecule has 0 unspecified atom stereocenters. The van der Waals surface area contributed by atoms with Crippen molar-refractivity contribution >= 4 is 0 Å². The van der Waals surface area contributed by atoms with Crippen LogP contribution in [0.25, 0.3) is 11.5 Å². The van der Waals surface area contributed by atoms with Crippen LogP contribution >= 0.6 is 0 Å². The van der Waals surface area contributed by atoms with Gasteiger partial charge in [0.05, 0.1) is 0 Å². The lowest BCUT2D eigenvalue weighted by atomic mass is 9.87. The summed E-state index contributed by atoms with van der Waals surface area (Å²) in [5, 5.41) is 7.55. The van der Waals surface area contributed by atoms with Gasteiger partial charge in [-0.1, -0.05) is 45.0 Å². The molecule has 0 aliphatic heterocycles. The molecule has 4 nitrogen and oxygen atoms in total. The van der Waals surface area contributed by atoms with Gasteiger partial charge in [0.2, 0.25) is 12.3 Å². The molecule has 1 aromatic heterocycles. The summed E-state index contributed by atoms with van der Waals surface area (Å²) in [6.45, 7) is 7.18. The quantitative estimate of drug-likeness (QED) is 0.706. The molecule has 0 amide bonds. The third kappa shape index (κ3) is 3.77. The zero-order chi connectivity index (χ0) is 16.3. The molecule has 0 bridgehead atoms. The van der Waals surface area contributed by atoms with Crippen LogP contribution in [0.5, 0.6) is 5.75 Å². The van der Waals surface area contributed by atoms with Crippen molar-refractivity contribution in [2.24, 2.45) is 0 Å². The van der Waals surface area contributed by atoms with Crippen molar-refractivity contribution in [3.63, 3.8) is 0 Å². The summed E-state index contributed by atoms with van der Waals surface area (Å²) in [6.07, 6.45) is 1.32. The maximum atomic E-state index is 5.82. The predicted molar refractivity (Wildman–Crippen MR) is 89.2 cm³/mol. The first-order valence-electron chi connectivity index (χ1n) is 7.61. The van der Waals surface area contributed by atoms with Gasteiger partial charge in [-0.25, -0.2) is 0 Å². The first-order valence-corrected chi connectivity index (χ1v) is 7.61. The lowest BCUT2D eigenvalue weighted by molar-refractivity contribution is 0.306. The van der Waals surface area contributed by atoms with Crippen molar-refractivity contribution in [1.82, 2.24) is 10.2 Å². The van der Waals surface area contributed by atoms with Crippen molar-refractivity contribution < 1.29 is 9.15 Å². The van der Waals surface area contributed by atoms with Crippen LogP contribution in [0.1, 0.15) is 31.9 Å². The average Bonchev–Trinajstić information content (AvgIpc) is 3.07. The third-order valence-electron chi connectivity index (χ3n) is 3.69. The van der Waals surface area contributed by atoms with Crippen LogP contribution in [0, 0.1) is 0 Å². The van der Waals surface area contributed by atoms with Gasteiger partial charge in [0, 0.05) is 5.56 Å². The molecule has 23 heavy (non-hydrogen) atoms. The highest BCUT2D eigenvalue weighted by Gasteiger charge is 2.12. The van der Waals surface area contributed by atoms with E-state index in [4.69, 9.17) is 9.15 Å². The van der Waals surface area contributed by atoms with Crippen LogP contribution < -0.4 is 4.74 Å². The molecule has 0 aliphatic rings. The molecule has 118 valence electrons. The Bertz CT molecular complexity index is 740. The maximum absolute atomic E-state index is 5.82. The zero-order valence-corrected chi connectivity index (χ0v) is 13.6. The van der Waals surface area contributed by atoms with Gasteiger partial charge in [-0.15, -0.1) is 10.2 Å². The standard InChI is InChI=1S/C19H20N2O2/c1-19(2,3)16-8-4-14(5-9-16)12-22-17-10-6-15(7-11-17)18-21-20-13-23-18/h4-11,13H,12H2,1-3H3. The molecule has 3 rings (SSSR count). The molecule has 0 N–H and O–H groups in total. The summed E-state index contributed by atoms with van der Waals surface area (Å²) in [5.74, 6) is 1.32. The van der Waals surface area contributed by atoms with E-state index in [9.17, 15) is 0 Å². The summed E-state index contributed by atoms with van der Waals surface area (Å²) in [6, 6.07) is 16.2. The monoisotopic (exact) mass is 308 g/mol. The lowest BCUT2D eigenvalue weighted by Gasteiger charge is -2.19. The van der Waals surface area contributed by atoms with Crippen molar-refractivity contribution in [2.75, 3.05) is 0 Å². The summed E-state index contributed by atoms with van der Waals surface area (Å²) in [5.41, 5.74) is 3.53. The van der Waals surface area contributed by atoms with Gasteiger partial charge in [-0.3, -0.25) is 0 Å². The first kappa shape index (κ1) is 15.3. The van der Waals surface area contributed by atoms with Gasteiger partial charge in [0.25, 0.3) is 0 Å². The van der Waals surface area contributed by atoms with Gasteiger partial charge in [0.1, 0.15) is 12.4 Å². The molecule has 3 aromatic rings. The fraction of sp³-hybridized carbons (Fsp3) is 0.263. The second-order valence-corrected chi connectivity index (χ2v) is 6.50. The third-order valence-corrected chi connectivity index (χ3v) is 3.69. The van der Waals surface area contributed by atoms with Crippen molar-refractivity contribution in [2.45, 2.75) is 32.8 Å². The molecular formula is C19H20N2O2. The Balaban J connectivity index is 1.62. The van der Waals surface area contributed by atoms with Crippen molar-refractivity contribution in [3.8, 4) is 17.2 Å². The highest BCUT2D eigenvalue weighted by molar-refractivity contribution is 5.53. The molecule has 0 saturated heterocycles. The topological polar surface area (TPSA) is 48.2 Å². The zero-order valence-electron chi connectivity index (χ0n) is 13.6. The van der Waals surface area contributed by atoms with E-state index < -0.39 is 0 Å². The highest BCUT2D eigenvalue weighted by atomic mass is 16.5. The van der Waals surface area contributed by atoms with Crippen LogP contribution in [0.4, 0.5) is 0 Å². The second-order valence-electron chi connectivity index (χ2n) is 6.50. The number of aromatic nitrogens is 2. The Morgan fingerprint density at radius 1 is 0.957 bits per heavy atom. The predicted octanol–water partition coefficient (Wildman–Crippen LogP) is 4.61. The highest BCUT2D eigenvalue weighted by Crippen LogP contribution is 2.23. The Kier molecular flexibility index (Phi) is 4.15. The average molecular weight is 308 g/mol.